The molecule has 1 aromatic heterocycles. The number of nitrogens with zero attached hydrogens (tertiary/aromatic N) is 4. The topological polar surface area (TPSA) is 142 Å². The molecule has 1 aliphatic heterocycles. The lowest BCUT2D eigenvalue weighted by Gasteiger charge is -2.35. The molecular formula is C24H28FN5O6. The number of carbonyl (C=O) groups is 4. The molecule has 12 heteroatoms. The number of ether oxygens (including phenoxy) is 1. The minimum Gasteiger partial charge on any atom is -0.481 e. The first-order valence-electron chi connectivity index (χ1n) is 11.5. The van der Waals surface area contributed by atoms with Gasteiger partial charge < -0.3 is 25.0 Å². The lowest BCUT2D eigenvalue weighted by Crippen LogP contribution is -2.56. The van der Waals surface area contributed by atoms with E-state index in [-0.39, 0.29) is 57.1 Å². The summed E-state index contributed by atoms with van der Waals surface area (Å²) in [7, 11) is 0. The normalized spacial score (nSPS) is 14.2. The molecule has 0 saturated carbocycles. The summed E-state index contributed by atoms with van der Waals surface area (Å²) in [4.78, 5) is 60.7. The molecule has 1 aliphatic rings. The number of piperazine rings is 1. The number of halogens is 1. The van der Waals surface area contributed by atoms with Crippen LogP contribution < -0.4 is 5.32 Å². The molecule has 0 spiro atoms. The van der Waals surface area contributed by atoms with Crippen molar-refractivity contribution in [2.45, 2.75) is 32.7 Å². The van der Waals surface area contributed by atoms with Crippen molar-refractivity contribution in [2.75, 3.05) is 32.8 Å². The van der Waals surface area contributed by atoms with Gasteiger partial charge in [0.2, 0.25) is 5.91 Å². The van der Waals surface area contributed by atoms with Gasteiger partial charge in [-0.15, -0.1) is 0 Å². The van der Waals surface area contributed by atoms with E-state index in [9.17, 15) is 23.6 Å². The number of nitrogens with one attached hydrogen (secondary N) is 1. The Hall–Kier alpha value is -4.09. The van der Waals surface area contributed by atoms with E-state index >= 15 is 0 Å². The van der Waals surface area contributed by atoms with Gasteiger partial charge in [-0.25, -0.2) is 19.2 Å². The third-order valence-electron chi connectivity index (χ3n) is 5.54. The van der Waals surface area contributed by atoms with Gasteiger partial charge in [-0.1, -0.05) is 12.1 Å². The van der Waals surface area contributed by atoms with Crippen LogP contribution in [-0.2, 0) is 14.3 Å². The summed E-state index contributed by atoms with van der Waals surface area (Å²) in [5, 5.41) is 11.7. The van der Waals surface area contributed by atoms with Crippen molar-refractivity contribution in [3.05, 3.63) is 47.5 Å². The number of amides is 3. The van der Waals surface area contributed by atoms with Crippen LogP contribution in [0.2, 0.25) is 0 Å². The molecule has 2 aromatic rings. The van der Waals surface area contributed by atoms with E-state index in [0.717, 1.165) is 0 Å². The molecule has 3 amide bonds. The van der Waals surface area contributed by atoms with Crippen molar-refractivity contribution in [1.82, 2.24) is 25.1 Å². The summed E-state index contributed by atoms with van der Waals surface area (Å²) in [6, 6.07) is 5.93. The van der Waals surface area contributed by atoms with Gasteiger partial charge in [-0.2, -0.15) is 0 Å². The molecular weight excluding hydrogens is 473 g/mol. The summed E-state index contributed by atoms with van der Waals surface area (Å²) < 4.78 is 18.6. The number of carbonyl (C=O) groups excluding carboxylic acids is 3. The Morgan fingerprint density at radius 3 is 2.44 bits per heavy atom. The van der Waals surface area contributed by atoms with Gasteiger partial charge in [0.25, 0.3) is 5.91 Å². The zero-order valence-corrected chi connectivity index (χ0v) is 20.1. The maximum absolute atomic E-state index is 13.7. The highest BCUT2D eigenvalue weighted by Gasteiger charge is 2.31. The van der Waals surface area contributed by atoms with Gasteiger partial charge in [-0.3, -0.25) is 14.4 Å². The zero-order chi connectivity index (χ0) is 26.2. The first-order chi connectivity index (χ1) is 17.2. The summed E-state index contributed by atoms with van der Waals surface area (Å²) in [5.41, 5.74) is 0.797. The molecule has 11 nitrogen and oxygen atoms in total. The van der Waals surface area contributed by atoms with E-state index in [1.54, 1.807) is 19.9 Å². The van der Waals surface area contributed by atoms with Crippen molar-refractivity contribution in [3.8, 4) is 11.4 Å². The molecule has 0 unspecified atom stereocenters. The van der Waals surface area contributed by atoms with Crippen molar-refractivity contribution in [3.63, 3.8) is 0 Å². The highest BCUT2D eigenvalue weighted by molar-refractivity contribution is 5.96. The first kappa shape index (κ1) is 26.5. The Morgan fingerprint density at radius 1 is 1.11 bits per heavy atom. The Labute approximate surface area is 207 Å². The van der Waals surface area contributed by atoms with Gasteiger partial charge >= 0.3 is 12.1 Å². The largest absolute Gasteiger partial charge is 0.481 e. The number of hydrogen-bond donors (Lipinski definition) is 2. The third-order valence-corrected chi connectivity index (χ3v) is 5.54. The van der Waals surface area contributed by atoms with Gasteiger partial charge in [-0.05, 0) is 38.5 Å². The average molecular weight is 502 g/mol. The van der Waals surface area contributed by atoms with Crippen molar-refractivity contribution < 1.29 is 33.4 Å². The van der Waals surface area contributed by atoms with E-state index < -0.39 is 35.7 Å². The standard InChI is InChI=1S/C24H28FN5O6/c1-3-36-24(35)30-11-9-29(10-12-30)23(34)18(7-8-20(31)32)28-22(33)19-13-15(2)26-21(27-19)16-5-4-6-17(25)14-16/h4-6,13-14,18H,3,7-12H2,1-2H3,(H,28,33)(H,31,32)/t18-/m0/s1. The number of rotatable bonds is 8. The predicted octanol–water partition coefficient (Wildman–Crippen LogP) is 1.86. The molecule has 0 bridgehead atoms. The van der Waals surface area contributed by atoms with Crippen molar-refractivity contribution in [2.24, 2.45) is 0 Å². The second kappa shape index (κ2) is 12.0. The minimum absolute atomic E-state index is 0.0398. The van der Waals surface area contributed by atoms with Gasteiger partial charge in [0.1, 0.15) is 17.6 Å². The van der Waals surface area contributed by atoms with Crippen molar-refractivity contribution in [1.29, 1.82) is 0 Å². The number of aromatic nitrogens is 2. The fourth-order valence-corrected chi connectivity index (χ4v) is 3.74. The number of aliphatic carboxylic acids is 1. The zero-order valence-electron chi connectivity index (χ0n) is 20.1. The average Bonchev–Trinajstić information content (AvgIpc) is 2.85. The van der Waals surface area contributed by atoms with Crippen LogP contribution in [-0.4, -0.2) is 87.6 Å². The third kappa shape index (κ3) is 6.96. The fourth-order valence-electron chi connectivity index (χ4n) is 3.74. The molecule has 192 valence electrons. The highest BCUT2D eigenvalue weighted by Crippen LogP contribution is 2.17. The lowest BCUT2D eigenvalue weighted by atomic mass is 10.1. The van der Waals surface area contributed by atoms with E-state index in [1.165, 1.54) is 34.1 Å². The number of carboxylic acid groups (broad SMARTS) is 1. The van der Waals surface area contributed by atoms with Crippen LogP contribution in [0.1, 0.15) is 35.9 Å². The smallest absolute Gasteiger partial charge is 0.409 e. The number of benzene rings is 1. The van der Waals surface area contributed by atoms with Crippen LogP contribution in [0.5, 0.6) is 0 Å². The van der Waals surface area contributed by atoms with Crippen LogP contribution in [0.4, 0.5) is 9.18 Å². The van der Waals surface area contributed by atoms with E-state index in [1.807, 2.05) is 0 Å². The molecule has 36 heavy (non-hydrogen) atoms. The summed E-state index contributed by atoms with van der Waals surface area (Å²) >= 11 is 0. The predicted molar refractivity (Wildman–Crippen MR) is 125 cm³/mol. The summed E-state index contributed by atoms with van der Waals surface area (Å²) in [6.45, 7) is 4.54. The van der Waals surface area contributed by atoms with E-state index in [4.69, 9.17) is 9.84 Å². The van der Waals surface area contributed by atoms with Crippen molar-refractivity contribution >= 4 is 23.9 Å². The van der Waals surface area contributed by atoms with E-state index in [2.05, 4.69) is 15.3 Å². The monoisotopic (exact) mass is 501 g/mol. The van der Waals surface area contributed by atoms with Crippen LogP contribution in [0.15, 0.2) is 30.3 Å². The molecule has 2 heterocycles. The van der Waals surface area contributed by atoms with Crippen LogP contribution in [0, 0.1) is 12.7 Å². The first-order valence-corrected chi connectivity index (χ1v) is 11.5. The molecule has 0 radical (unpaired) electrons. The number of aryl methyl sites for hydroxylation is 1. The van der Waals surface area contributed by atoms with Gasteiger partial charge in [0, 0.05) is 43.9 Å². The van der Waals surface area contributed by atoms with Gasteiger partial charge in [0.05, 0.1) is 6.61 Å². The fraction of sp³-hybridized carbons (Fsp3) is 0.417. The maximum atomic E-state index is 13.7. The molecule has 0 aliphatic carbocycles. The highest BCUT2D eigenvalue weighted by atomic mass is 19.1. The van der Waals surface area contributed by atoms with Crippen LogP contribution in [0.25, 0.3) is 11.4 Å². The molecule has 1 atom stereocenters. The van der Waals surface area contributed by atoms with Crippen LogP contribution >= 0.6 is 0 Å². The Morgan fingerprint density at radius 2 is 1.81 bits per heavy atom. The minimum atomic E-state index is -1.12. The SMILES string of the molecule is CCOC(=O)N1CCN(C(=O)[C@H](CCC(=O)O)NC(=O)c2cc(C)nc(-c3cccc(F)c3)n2)CC1. The molecule has 1 fully saturated rings. The molecule has 1 aromatic carbocycles. The van der Waals surface area contributed by atoms with Crippen LogP contribution in [0.3, 0.4) is 0 Å². The van der Waals surface area contributed by atoms with E-state index in [0.29, 0.717) is 11.3 Å². The number of carboxylic acids is 1. The second-order valence-corrected chi connectivity index (χ2v) is 8.20. The maximum Gasteiger partial charge on any atom is 0.409 e. The summed E-state index contributed by atoms with van der Waals surface area (Å²) in [5.74, 6) is -2.59. The molecule has 2 N–H and O–H groups in total. The lowest BCUT2D eigenvalue weighted by molar-refractivity contribution is -0.138. The molecule has 3 rings (SSSR count). The van der Waals surface area contributed by atoms with Gasteiger partial charge in [0.15, 0.2) is 5.82 Å². The Balaban J connectivity index is 1.75. The second-order valence-electron chi connectivity index (χ2n) is 8.20. The molecule has 1 saturated heterocycles. The number of hydrogen-bond acceptors (Lipinski definition) is 7. The Bertz CT molecular complexity index is 1140. The summed E-state index contributed by atoms with van der Waals surface area (Å²) in [6.07, 6.45) is -0.927. The quantitative estimate of drug-likeness (QED) is 0.558. The Kier molecular flexibility index (Phi) is 8.87.